The number of halogens is 6. The van der Waals surface area contributed by atoms with Crippen molar-refractivity contribution in [2.75, 3.05) is 26.2 Å². The Morgan fingerprint density at radius 2 is 1.79 bits per heavy atom. The molecule has 210 valence electrons. The summed E-state index contributed by atoms with van der Waals surface area (Å²) in [5, 5.41) is 18.4. The number of aliphatic carboxylic acids is 1. The number of carboxylic acids is 1. The van der Waals surface area contributed by atoms with Crippen molar-refractivity contribution in [2.24, 2.45) is 5.92 Å². The van der Waals surface area contributed by atoms with E-state index in [-0.39, 0.29) is 45.8 Å². The van der Waals surface area contributed by atoms with Gasteiger partial charge in [0, 0.05) is 31.3 Å². The molecule has 2 saturated heterocycles. The highest BCUT2D eigenvalue weighted by molar-refractivity contribution is 8.26. The number of likely N-dealkylation sites (tertiary alicyclic amines) is 1. The second kappa shape index (κ2) is 10.9. The number of aliphatic hydroxyl groups is 1. The molecule has 0 radical (unpaired) electrons. The summed E-state index contributed by atoms with van der Waals surface area (Å²) in [5.74, 6) is -2.00. The molecular weight excluding hydrogens is 574 g/mol. The van der Waals surface area contributed by atoms with Crippen molar-refractivity contribution in [3.63, 3.8) is 0 Å². The molecule has 3 heterocycles. The average molecular weight is 595 g/mol. The van der Waals surface area contributed by atoms with E-state index < -0.39 is 47.0 Å². The molecule has 2 aromatic rings. The zero-order chi connectivity index (χ0) is 28.7. The lowest BCUT2D eigenvalue weighted by Crippen LogP contribution is -2.37. The smallest absolute Gasteiger partial charge is 0.416 e. The maximum Gasteiger partial charge on any atom is 0.416 e. The first-order chi connectivity index (χ1) is 18.1. The van der Waals surface area contributed by atoms with Crippen LogP contribution in [0.5, 0.6) is 0 Å². The minimum absolute atomic E-state index is 0.0215. The van der Waals surface area contributed by atoms with Crippen LogP contribution in [-0.4, -0.2) is 68.5 Å². The molecule has 1 aromatic heterocycles. The van der Waals surface area contributed by atoms with Crippen LogP contribution >= 0.6 is 24.0 Å². The largest absolute Gasteiger partial charge is 0.479 e. The van der Waals surface area contributed by atoms with Gasteiger partial charge < -0.3 is 14.6 Å². The van der Waals surface area contributed by atoms with Gasteiger partial charge in [0.2, 0.25) is 0 Å². The van der Waals surface area contributed by atoms with E-state index in [1.54, 1.807) is 4.90 Å². The first-order valence-electron chi connectivity index (χ1n) is 11.4. The quantitative estimate of drug-likeness (QED) is 0.264. The number of nitrogens with zero attached hydrogens (tertiary/aromatic N) is 2. The molecule has 0 spiro atoms. The molecule has 2 fully saturated rings. The third kappa shape index (κ3) is 6.83. The average Bonchev–Trinajstić information content (AvgIpc) is 3.55. The highest BCUT2D eigenvalue weighted by atomic mass is 32.2. The molecule has 2 aliphatic rings. The van der Waals surface area contributed by atoms with Crippen LogP contribution in [0.4, 0.5) is 26.3 Å². The molecule has 4 rings (SSSR count). The SMILES string of the molecule is O=C(O)C(O)CN1CCC(CN2C(=O)/C(=C/c3ccc(-c4cc(C(F)(F)F)cc(C(F)(F)F)c4)o3)SC2=S)C1. The number of alkyl halides is 6. The lowest BCUT2D eigenvalue weighted by atomic mass is 10.0. The van der Waals surface area contributed by atoms with Gasteiger partial charge in [-0.15, -0.1) is 0 Å². The minimum Gasteiger partial charge on any atom is -0.479 e. The van der Waals surface area contributed by atoms with Crippen LogP contribution in [0.25, 0.3) is 17.4 Å². The Labute approximate surface area is 227 Å². The molecule has 7 nitrogen and oxygen atoms in total. The van der Waals surface area contributed by atoms with Gasteiger partial charge in [0.15, 0.2) is 6.10 Å². The van der Waals surface area contributed by atoms with E-state index in [2.05, 4.69) is 0 Å². The van der Waals surface area contributed by atoms with Crippen LogP contribution in [0, 0.1) is 5.92 Å². The normalized spacial score (nSPS) is 20.8. The summed E-state index contributed by atoms with van der Waals surface area (Å²) in [6.07, 6.45) is -9.57. The zero-order valence-corrected chi connectivity index (χ0v) is 21.4. The molecule has 15 heteroatoms. The summed E-state index contributed by atoms with van der Waals surface area (Å²) in [5.41, 5.74) is -3.38. The van der Waals surface area contributed by atoms with Gasteiger partial charge in [0.05, 0.1) is 16.0 Å². The van der Waals surface area contributed by atoms with Crippen molar-refractivity contribution >= 4 is 46.3 Å². The number of hydrogen-bond acceptors (Lipinski definition) is 7. The Morgan fingerprint density at radius 3 is 2.38 bits per heavy atom. The second-order valence-electron chi connectivity index (χ2n) is 9.06. The van der Waals surface area contributed by atoms with Crippen molar-refractivity contribution in [1.29, 1.82) is 0 Å². The van der Waals surface area contributed by atoms with Crippen LogP contribution in [0.3, 0.4) is 0 Å². The Morgan fingerprint density at radius 1 is 1.15 bits per heavy atom. The molecule has 0 bridgehead atoms. The van der Waals surface area contributed by atoms with E-state index in [0.717, 1.165) is 11.8 Å². The summed E-state index contributed by atoms with van der Waals surface area (Å²) in [7, 11) is 0. The highest BCUT2D eigenvalue weighted by Gasteiger charge is 2.38. The lowest BCUT2D eigenvalue weighted by Gasteiger charge is -2.21. The molecule has 1 aromatic carbocycles. The Kier molecular flexibility index (Phi) is 8.17. The topological polar surface area (TPSA) is 94.2 Å². The lowest BCUT2D eigenvalue weighted by molar-refractivity contribution is -0.147. The number of thiocarbonyl (C=S) groups is 1. The molecule has 2 N–H and O–H groups in total. The van der Waals surface area contributed by atoms with E-state index in [4.69, 9.17) is 21.7 Å². The number of amides is 1. The van der Waals surface area contributed by atoms with E-state index >= 15 is 0 Å². The summed E-state index contributed by atoms with van der Waals surface area (Å²) in [4.78, 5) is 27.1. The van der Waals surface area contributed by atoms with Crippen LogP contribution < -0.4 is 0 Å². The summed E-state index contributed by atoms with van der Waals surface area (Å²) >= 11 is 6.28. The van der Waals surface area contributed by atoms with Crippen molar-refractivity contribution < 1.29 is 50.6 Å². The first-order valence-corrected chi connectivity index (χ1v) is 12.6. The van der Waals surface area contributed by atoms with Crippen molar-refractivity contribution in [3.05, 3.63) is 52.1 Å². The van der Waals surface area contributed by atoms with Gasteiger partial charge in [-0.25, -0.2) is 4.79 Å². The monoisotopic (exact) mass is 594 g/mol. The van der Waals surface area contributed by atoms with Gasteiger partial charge in [-0.2, -0.15) is 26.3 Å². The number of thioether (sulfide) groups is 1. The predicted octanol–water partition coefficient (Wildman–Crippen LogP) is 4.95. The highest BCUT2D eigenvalue weighted by Crippen LogP contribution is 2.40. The van der Waals surface area contributed by atoms with Gasteiger partial charge in [0.25, 0.3) is 5.91 Å². The summed E-state index contributed by atoms with van der Waals surface area (Å²) < 4.78 is 84.9. The Bertz CT molecular complexity index is 1290. The van der Waals surface area contributed by atoms with E-state index in [9.17, 15) is 41.0 Å². The molecule has 1 amide bonds. The molecule has 2 aliphatic heterocycles. The van der Waals surface area contributed by atoms with Crippen LogP contribution in [0.15, 0.2) is 39.7 Å². The third-order valence-corrected chi connectivity index (χ3v) is 7.55. The number of aliphatic hydroxyl groups excluding tert-OH is 1. The minimum atomic E-state index is -5.01. The van der Waals surface area contributed by atoms with Gasteiger partial charge >= 0.3 is 18.3 Å². The number of β-amino-alcohol motifs (C(OH)–C–C–N with tert-alkyl or cyclic N) is 1. The van der Waals surface area contributed by atoms with Gasteiger partial charge in [-0.3, -0.25) is 14.6 Å². The number of hydrogen-bond donors (Lipinski definition) is 2. The number of furan rings is 1. The number of carbonyl (C=O) groups is 2. The third-order valence-electron chi connectivity index (χ3n) is 6.17. The van der Waals surface area contributed by atoms with Crippen molar-refractivity contribution in [1.82, 2.24) is 9.80 Å². The standard InChI is InChI=1S/C24H20F6N2O5S2/c25-23(26,27)14-5-13(6-15(7-14)24(28,29)30)18-2-1-16(37-18)8-19-20(34)32(22(38)39-19)10-12-3-4-31(9-12)11-17(33)21(35)36/h1-2,5-8,12,17,33H,3-4,9-11H2,(H,35,36)/b19-8-. The fourth-order valence-electron chi connectivity index (χ4n) is 4.28. The van der Waals surface area contributed by atoms with Gasteiger partial charge in [0.1, 0.15) is 15.8 Å². The number of carboxylic acid groups (broad SMARTS) is 1. The second-order valence-corrected chi connectivity index (χ2v) is 10.7. The fourth-order valence-corrected chi connectivity index (χ4v) is 5.53. The number of carbonyl (C=O) groups excluding carboxylic acids is 1. The van der Waals surface area contributed by atoms with Crippen LogP contribution in [-0.2, 0) is 21.9 Å². The van der Waals surface area contributed by atoms with Gasteiger partial charge in [-0.05, 0) is 49.2 Å². The van der Waals surface area contributed by atoms with Crippen LogP contribution in [0.2, 0.25) is 0 Å². The molecule has 2 unspecified atom stereocenters. The van der Waals surface area contributed by atoms with Crippen molar-refractivity contribution in [2.45, 2.75) is 24.9 Å². The zero-order valence-electron chi connectivity index (χ0n) is 19.8. The van der Waals surface area contributed by atoms with Crippen molar-refractivity contribution in [3.8, 4) is 11.3 Å². The van der Waals surface area contributed by atoms with E-state index in [1.165, 1.54) is 23.1 Å². The molecule has 2 atom stereocenters. The maximum absolute atomic E-state index is 13.2. The molecular formula is C24H20F6N2O5S2. The Hall–Kier alpha value is -2.88. The Balaban J connectivity index is 1.48. The fraction of sp³-hybridized carbons (Fsp3) is 0.375. The first kappa shape index (κ1) is 29.1. The predicted molar refractivity (Wildman–Crippen MR) is 132 cm³/mol. The molecule has 0 saturated carbocycles. The number of benzene rings is 1. The van der Waals surface area contributed by atoms with E-state index in [0.29, 0.717) is 31.6 Å². The number of rotatable bonds is 7. The van der Waals surface area contributed by atoms with E-state index in [1.807, 2.05) is 0 Å². The van der Waals surface area contributed by atoms with Gasteiger partial charge in [-0.1, -0.05) is 24.0 Å². The summed E-state index contributed by atoms with van der Waals surface area (Å²) in [6.45, 7) is 1.22. The maximum atomic E-state index is 13.2. The molecule has 0 aliphatic carbocycles. The summed E-state index contributed by atoms with van der Waals surface area (Å²) in [6, 6.07) is 3.66. The molecule has 39 heavy (non-hydrogen) atoms. The van der Waals surface area contributed by atoms with Crippen LogP contribution in [0.1, 0.15) is 23.3 Å².